The quantitative estimate of drug-likeness (QED) is 0.940. The highest BCUT2D eigenvalue weighted by Crippen LogP contribution is 2.38. The first-order chi connectivity index (χ1) is 10.2. The lowest BCUT2D eigenvalue weighted by Crippen LogP contribution is -2.01. The highest BCUT2D eigenvalue weighted by molar-refractivity contribution is 5.51. The molecule has 0 spiro atoms. The Balaban J connectivity index is 1.83. The van der Waals surface area contributed by atoms with Gasteiger partial charge in [-0.15, -0.1) is 0 Å². The van der Waals surface area contributed by atoms with Crippen molar-refractivity contribution in [1.29, 1.82) is 0 Å². The third-order valence-electron chi connectivity index (χ3n) is 3.42. The Morgan fingerprint density at radius 1 is 1.14 bits per heavy atom. The predicted octanol–water partition coefficient (Wildman–Crippen LogP) is 2.93. The van der Waals surface area contributed by atoms with E-state index in [9.17, 15) is 9.50 Å². The minimum Gasteiger partial charge on any atom is -0.488 e. The smallest absolute Gasteiger partial charge is 0.231 e. The Hall–Kier alpha value is -2.27. The standard InChI is InChI=1S/C16H15FO4/c1-10-2-3-13(17)4-12(10)8-19-14-6-16-15(20-9-21-16)5-11(14)7-18/h2-6,18H,7-9H2,1H3. The molecule has 2 aromatic carbocycles. The summed E-state index contributed by atoms with van der Waals surface area (Å²) in [7, 11) is 0. The Morgan fingerprint density at radius 2 is 1.90 bits per heavy atom. The zero-order valence-corrected chi connectivity index (χ0v) is 11.6. The Morgan fingerprint density at radius 3 is 2.67 bits per heavy atom. The number of rotatable bonds is 4. The van der Waals surface area contributed by atoms with Gasteiger partial charge in [-0.3, -0.25) is 0 Å². The summed E-state index contributed by atoms with van der Waals surface area (Å²) in [6, 6.07) is 7.94. The van der Waals surface area contributed by atoms with E-state index in [1.807, 2.05) is 6.92 Å². The molecule has 110 valence electrons. The van der Waals surface area contributed by atoms with Gasteiger partial charge in [0.25, 0.3) is 0 Å². The molecule has 0 saturated heterocycles. The molecular formula is C16H15FO4. The summed E-state index contributed by atoms with van der Waals surface area (Å²) < 4.78 is 29.5. The molecule has 0 saturated carbocycles. The van der Waals surface area contributed by atoms with Gasteiger partial charge in [-0.25, -0.2) is 4.39 Å². The van der Waals surface area contributed by atoms with Crippen LogP contribution >= 0.6 is 0 Å². The third kappa shape index (κ3) is 2.78. The van der Waals surface area contributed by atoms with E-state index in [-0.39, 0.29) is 25.8 Å². The summed E-state index contributed by atoms with van der Waals surface area (Å²) in [5.74, 6) is 1.38. The Bertz CT molecular complexity index is 670. The number of benzene rings is 2. The van der Waals surface area contributed by atoms with Crippen LogP contribution in [-0.4, -0.2) is 11.9 Å². The molecule has 0 aromatic heterocycles. The molecule has 3 rings (SSSR count). The highest BCUT2D eigenvalue weighted by atomic mass is 19.1. The summed E-state index contributed by atoms with van der Waals surface area (Å²) in [6.07, 6.45) is 0. The number of aryl methyl sites for hydroxylation is 1. The minimum absolute atomic E-state index is 0.159. The second kappa shape index (κ2) is 5.61. The number of aliphatic hydroxyl groups excluding tert-OH is 1. The zero-order valence-electron chi connectivity index (χ0n) is 11.6. The zero-order chi connectivity index (χ0) is 14.8. The van der Waals surface area contributed by atoms with E-state index >= 15 is 0 Å². The molecule has 4 nitrogen and oxygen atoms in total. The molecule has 1 aliphatic rings. The summed E-state index contributed by atoms with van der Waals surface area (Å²) in [5.41, 5.74) is 2.31. The molecule has 1 aliphatic heterocycles. The van der Waals surface area contributed by atoms with Crippen LogP contribution in [-0.2, 0) is 13.2 Å². The number of aliphatic hydroxyl groups is 1. The predicted molar refractivity (Wildman–Crippen MR) is 74.0 cm³/mol. The number of hydrogen-bond donors (Lipinski definition) is 1. The molecule has 5 heteroatoms. The van der Waals surface area contributed by atoms with Gasteiger partial charge in [0.1, 0.15) is 18.2 Å². The van der Waals surface area contributed by atoms with Crippen LogP contribution in [0.15, 0.2) is 30.3 Å². The van der Waals surface area contributed by atoms with Crippen molar-refractivity contribution in [3.05, 3.63) is 52.8 Å². The molecule has 0 unspecified atom stereocenters. The number of halogens is 1. The lowest BCUT2D eigenvalue weighted by atomic mass is 10.1. The van der Waals surface area contributed by atoms with Crippen LogP contribution in [0.25, 0.3) is 0 Å². The topological polar surface area (TPSA) is 47.9 Å². The van der Waals surface area contributed by atoms with Crippen LogP contribution in [0.2, 0.25) is 0 Å². The van der Waals surface area contributed by atoms with Crippen molar-refractivity contribution >= 4 is 0 Å². The largest absolute Gasteiger partial charge is 0.488 e. The van der Waals surface area contributed by atoms with Crippen LogP contribution in [0.5, 0.6) is 17.2 Å². The van der Waals surface area contributed by atoms with Crippen LogP contribution in [0.3, 0.4) is 0 Å². The fraction of sp³-hybridized carbons (Fsp3) is 0.250. The van der Waals surface area contributed by atoms with Gasteiger partial charge in [0, 0.05) is 11.6 Å². The van der Waals surface area contributed by atoms with Gasteiger partial charge >= 0.3 is 0 Å². The van der Waals surface area contributed by atoms with E-state index < -0.39 is 0 Å². The lowest BCUT2D eigenvalue weighted by molar-refractivity contribution is 0.173. The lowest BCUT2D eigenvalue weighted by Gasteiger charge is -2.12. The first kappa shape index (κ1) is 13.7. The monoisotopic (exact) mass is 290 g/mol. The van der Waals surface area contributed by atoms with Gasteiger partial charge in [0.05, 0.1) is 6.61 Å². The van der Waals surface area contributed by atoms with Crippen molar-refractivity contribution < 1.29 is 23.7 Å². The van der Waals surface area contributed by atoms with E-state index in [0.29, 0.717) is 22.8 Å². The average Bonchev–Trinajstić information content (AvgIpc) is 2.94. The molecule has 0 atom stereocenters. The van der Waals surface area contributed by atoms with Crippen molar-refractivity contribution in [3.63, 3.8) is 0 Å². The van der Waals surface area contributed by atoms with Crippen molar-refractivity contribution in [1.82, 2.24) is 0 Å². The highest BCUT2D eigenvalue weighted by Gasteiger charge is 2.18. The second-order valence-corrected chi connectivity index (χ2v) is 4.83. The first-order valence-corrected chi connectivity index (χ1v) is 6.58. The van der Waals surface area contributed by atoms with Crippen LogP contribution < -0.4 is 14.2 Å². The Kier molecular flexibility index (Phi) is 3.66. The van der Waals surface area contributed by atoms with Crippen molar-refractivity contribution in [3.8, 4) is 17.2 Å². The average molecular weight is 290 g/mol. The maximum atomic E-state index is 13.3. The van der Waals surface area contributed by atoms with Crippen molar-refractivity contribution in [2.45, 2.75) is 20.1 Å². The van der Waals surface area contributed by atoms with Gasteiger partial charge < -0.3 is 19.3 Å². The van der Waals surface area contributed by atoms with Crippen LogP contribution in [0, 0.1) is 12.7 Å². The molecule has 1 heterocycles. The number of fused-ring (bicyclic) bond motifs is 1. The molecule has 0 bridgehead atoms. The van der Waals surface area contributed by atoms with Gasteiger partial charge in [-0.1, -0.05) is 6.07 Å². The van der Waals surface area contributed by atoms with Crippen LogP contribution in [0.4, 0.5) is 4.39 Å². The minimum atomic E-state index is -0.299. The van der Waals surface area contributed by atoms with E-state index in [1.54, 1.807) is 18.2 Å². The first-order valence-electron chi connectivity index (χ1n) is 6.58. The normalized spacial score (nSPS) is 12.5. The Labute approximate surface area is 121 Å². The molecule has 0 radical (unpaired) electrons. The number of hydrogen-bond acceptors (Lipinski definition) is 4. The van der Waals surface area contributed by atoms with Gasteiger partial charge in [0.15, 0.2) is 11.5 Å². The SMILES string of the molecule is Cc1ccc(F)cc1COc1cc2c(cc1CO)OCO2. The van der Waals surface area contributed by atoms with Gasteiger partial charge in [0.2, 0.25) is 6.79 Å². The second-order valence-electron chi connectivity index (χ2n) is 4.83. The van der Waals surface area contributed by atoms with E-state index in [4.69, 9.17) is 14.2 Å². The van der Waals surface area contributed by atoms with Gasteiger partial charge in [-0.05, 0) is 36.2 Å². The van der Waals surface area contributed by atoms with E-state index in [1.165, 1.54) is 12.1 Å². The molecule has 0 fully saturated rings. The molecule has 0 amide bonds. The van der Waals surface area contributed by atoms with Crippen molar-refractivity contribution in [2.75, 3.05) is 6.79 Å². The van der Waals surface area contributed by atoms with E-state index in [2.05, 4.69) is 0 Å². The fourth-order valence-electron chi connectivity index (χ4n) is 2.17. The van der Waals surface area contributed by atoms with E-state index in [0.717, 1.165) is 11.1 Å². The summed E-state index contributed by atoms with van der Waals surface area (Å²) in [6.45, 7) is 2.10. The maximum Gasteiger partial charge on any atom is 0.231 e. The van der Waals surface area contributed by atoms with Crippen molar-refractivity contribution in [2.24, 2.45) is 0 Å². The maximum absolute atomic E-state index is 13.3. The number of ether oxygens (including phenoxy) is 3. The molecule has 21 heavy (non-hydrogen) atoms. The fourth-order valence-corrected chi connectivity index (χ4v) is 2.17. The summed E-state index contributed by atoms with van der Waals surface area (Å²) >= 11 is 0. The molecular weight excluding hydrogens is 275 g/mol. The molecule has 2 aromatic rings. The van der Waals surface area contributed by atoms with Crippen LogP contribution in [0.1, 0.15) is 16.7 Å². The third-order valence-corrected chi connectivity index (χ3v) is 3.42. The summed E-state index contributed by atoms with van der Waals surface area (Å²) in [5, 5.41) is 9.41. The van der Waals surface area contributed by atoms with Gasteiger partial charge in [-0.2, -0.15) is 0 Å². The summed E-state index contributed by atoms with van der Waals surface area (Å²) in [4.78, 5) is 0. The molecule has 0 aliphatic carbocycles. The molecule has 1 N–H and O–H groups in total.